The molecular weight excluding hydrogens is 331 g/mol. The largest absolute Gasteiger partial charge is 0.354 e. The molecule has 0 fully saturated rings. The minimum atomic E-state index is -0.334. The number of nitriles is 1. The van der Waals surface area contributed by atoms with Crippen molar-refractivity contribution in [2.24, 2.45) is 0 Å². The number of amides is 1. The van der Waals surface area contributed by atoms with E-state index in [0.29, 0.717) is 11.4 Å². The van der Waals surface area contributed by atoms with E-state index < -0.39 is 0 Å². The van der Waals surface area contributed by atoms with E-state index in [1.165, 1.54) is 12.1 Å². The summed E-state index contributed by atoms with van der Waals surface area (Å²) in [5, 5.41) is 14.8. The first kappa shape index (κ1) is 17.1. The molecule has 0 spiro atoms. The smallest absolute Gasteiger partial charge is 0.229 e. The van der Waals surface area contributed by atoms with Gasteiger partial charge in [-0.15, -0.1) is 0 Å². The molecule has 0 bridgehead atoms. The molecular formula is C20H15FN4O. The van der Waals surface area contributed by atoms with Gasteiger partial charge in [-0.2, -0.15) is 5.26 Å². The summed E-state index contributed by atoms with van der Waals surface area (Å²) in [6.45, 7) is 0. The van der Waals surface area contributed by atoms with Crippen molar-refractivity contribution in [2.75, 3.05) is 10.6 Å². The second-order valence-electron chi connectivity index (χ2n) is 5.60. The van der Waals surface area contributed by atoms with Crippen molar-refractivity contribution >= 4 is 23.1 Å². The molecule has 0 saturated heterocycles. The number of aromatic nitrogens is 1. The highest BCUT2D eigenvalue weighted by Crippen LogP contribution is 2.18. The van der Waals surface area contributed by atoms with Crippen molar-refractivity contribution in [3.05, 3.63) is 83.8 Å². The fourth-order valence-electron chi connectivity index (χ4n) is 2.35. The van der Waals surface area contributed by atoms with Crippen molar-refractivity contribution < 1.29 is 9.18 Å². The van der Waals surface area contributed by atoms with Crippen LogP contribution in [0.4, 0.5) is 21.6 Å². The van der Waals surface area contributed by atoms with E-state index in [0.717, 1.165) is 16.9 Å². The predicted octanol–water partition coefficient (Wildman–Crippen LogP) is 4.02. The Hall–Kier alpha value is -3.72. The van der Waals surface area contributed by atoms with Crippen LogP contribution in [0.3, 0.4) is 0 Å². The van der Waals surface area contributed by atoms with Gasteiger partial charge in [0, 0.05) is 5.69 Å². The molecule has 0 unspecified atom stereocenters. The summed E-state index contributed by atoms with van der Waals surface area (Å²) in [7, 11) is 0. The molecule has 3 rings (SSSR count). The van der Waals surface area contributed by atoms with E-state index >= 15 is 0 Å². The van der Waals surface area contributed by atoms with Crippen LogP contribution in [-0.4, -0.2) is 10.9 Å². The zero-order chi connectivity index (χ0) is 18.4. The zero-order valence-electron chi connectivity index (χ0n) is 13.7. The lowest BCUT2D eigenvalue weighted by Crippen LogP contribution is -2.15. The molecule has 5 nitrogen and oxygen atoms in total. The number of carbonyl (C=O) groups is 1. The first-order valence-electron chi connectivity index (χ1n) is 7.90. The SMILES string of the molecule is N#Cc1cccc(Nc2ccc(NC(=O)Cc3ccc(F)cc3)nc2)c1. The van der Waals surface area contributed by atoms with Crippen LogP contribution in [0.15, 0.2) is 66.9 Å². The van der Waals surface area contributed by atoms with Gasteiger partial charge in [0.2, 0.25) is 5.91 Å². The Balaban J connectivity index is 1.59. The molecule has 1 aromatic heterocycles. The van der Waals surface area contributed by atoms with E-state index in [1.54, 1.807) is 48.7 Å². The number of carbonyl (C=O) groups excluding carboxylic acids is 1. The summed E-state index contributed by atoms with van der Waals surface area (Å²) in [6.07, 6.45) is 1.73. The van der Waals surface area contributed by atoms with Gasteiger partial charge in [0.25, 0.3) is 0 Å². The van der Waals surface area contributed by atoms with E-state index in [-0.39, 0.29) is 18.1 Å². The quantitative estimate of drug-likeness (QED) is 0.731. The second kappa shape index (κ2) is 7.90. The number of hydrogen-bond donors (Lipinski definition) is 2. The average Bonchev–Trinajstić information content (AvgIpc) is 2.65. The summed E-state index contributed by atoms with van der Waals surface area (Å²) < 4.78 is 12.9. The highest BCUT2D eigenvalue weighted by molar-refractivity contribution is 5.91. The normalized spacial score (nSPS) is 10.0. The number of nitrogens with one attached hydrogen (secondary N) is 2. The fourth-order valence-corrected chi connectivity index (χ4v) is 2.35. The van der Waals surface area contributed by atoms with Gasteiger partial charge >= 0.3 is 0 Å². The van der Waals surface area contributed by atoms with E-state index in [1.807, 2.05) is 6.07 Å². The van der Waals surface area contributed by atoms with Gasteiger partial charge in [-0.05, 0) is 48.0 Å². The average molecular weight is 346 g/mol. The van der Waals surface area contributed by atoms with Gasteiger partial charge in [-0.3, -0.25) is 4.79 Å². The number of rotatable bonds is 5. The third kappa shape index (κ3) is 4.65. The molecule has 1 heterocycles. The van der Waals surface area contributed by atoms with Crippen molar-refractivity contribution in [1.29, 1.82) is 5.26 Å². The van der Waals surface area contributed by atoms with Crippen LogP contribution in [0.1, 0.15) is 11.1 Å². The molecule has 0 aliphatic heterocycles. The Kier molecular flexibility index (Phi) is 5.20. The maximum Gasteiger partial charge on any atom is 0.229 e. The number of hydrogen-bond acceptors (Lipinski definition) is 4. The van der Waals surface area contributed by atoms with Gasteiger partial charge in [0.1, 0.15) is 11.6 Å². The first-order valence-corrected chi connectivity index (χ1v) is 7.90. The third-order valence-corrected chi connectivity index (χ3v) is 3.59. The van der Waals surface area contributed by atoms with Crippen molar-refractivity contribution in [2.45, 2.75) is 6.42 Å². The molecule has 2 N–H and O–H groups in total. The maximum atomic E-state index is 12.9. The molecule has 3 aromatic rings. The number of halogens is 1. The third-order valence-electron chi connectivity index (χ3n) is 3.59. The number of pyridine rings is 1. The summed E-state index contributed by atoms with van der Waals surface area (Å²) >= 11 is 0. The topological polar surface area (TPSA) is 77.8 Å². The minimum absolute atomic E-state index is 0.142. The Labute approximate surface area is 150 Å². The van der Waals surface area contributed by atoms with Crippen LogP contribution in [0.2, 0.25) is 0 Å². The minimum Gasteiger partial charge on any atom is -0.354 e. The zero-order valence-corrected chi connectivity index (χ0v) is 13.7. The van der Waals surface area contributed by atoms with Crippen LogP contribution >= 0.6 is 0 Å². The molecule has 2 aromatic carbocycles. The Morgan fingerprint density at radius 3 is 2.58 bits per heavy atom. The predicted molar refractivity (Wildman–Crippen MR) is 97.4 cm³/mol. The highest BCUT2D eigenvalue weighted by Gasteiger charge is 2.06. The Bertz CT molecular complexity index is 947. The summed E-state index contributed by atoms with van der Waals surface area (Å²) in [5.74, 6) is -0.140. The van der Waals surface area contributed by atoms with Crippen LogP contribution in [0, 0.1) is 17.1 Å². The molecule has 128 valence electrons. The molecule has 0 aliphatic carbocycles. The van der Waals surface area contributed by atoms with Crippen molar-refractivity contribution in [3.63, 3.8) is 0 Å². The first-order chi connectivity index (χ1) is 12.6. The van der Waals surface area contributed by atoms with E-state index in [4.69, 9.17) is 5.26 Å². The molecule has 6 heteroatoms. The standard InChI is InChI=1S/C20H15FN4O/c21-16-6-4-14(5-7-16)11-20(26)25-19-9-8-18(13-23-19)24-17-3-1-2-15(10-17)12-22/h1-10,13,24H,11H2,(H,23,25,26). The van der Waals surface area contributed by atoms with Gasteiger partial charge in [0.15, 0.2) is 0 Å². The molecule has 0 radical (unpaired) electrons. The van der Waals surface area contributed by atoms with Crippen molar-refractivity contribution in [1.82, 2.24) is 4.98 Å². The summed E-state index contributed by atoms with van der Waals surface area (Å²) in [4.78, 5) is 16.2. The van der Waals surface area contributed by atoms with Gasteiger partial charge < -0.3 is 10.6 Å². The van der Waals surface area contributed by atoms with Crippen molar-refractivity contribution in [3.8, 4) is 6.07 Å². The highest BCUT2D eigenvalue weighted by atomic mass is 19.1. The lowest BCUT2D eigenvalue weighted by atomic mass is 10.1. The number of anilines is 3. The number of benzene rings is 2. The summed E-state index contributed by atoms with van der Waals surface area (Å²) in [5.41, 5.74) is 2.79. The molecule has 0 atom stereocenters. The van der Waals surface area contributed by atoms with Crippen LogP contribution in [0.5, 0.6) is 0 Å². The maximum absolute atomic E-state index is 12.9. The lowest BCUT2D eigenvalue weighted by molar-refractivity contribution is -0.115. The Morgan fingerprint density at radius 2 is 1.88 bits per heavy atom. The Morgan fingerprint density at radius 1 is 1.08 bits per heavy atom. The fraction of sp³-hybridized carbons (Fsp3) is 0.0500. The summed E-state index contributed by atoms with van der Waals surface area (Å²) in [6, 6.07) is 18.4. The number of nitrogens with zero attached hydrogens (tertiary/aromatic N) is 2. The molecule has 0 aliphatic rings. The van der Waals surface area contributed by atoms with Gasteiger partial charge in [0.05, 0.1) is 29.9 Å². The molecule has 26 heavy (non-hydrogen) atoms. The molecule has 1 amide bonds. The van der Waals surface area contributed by atoms with Crippen LogP contribution in [-0.2, 0) is 11.2 Å². The van der Waals surface area contributed by atoms with Crippen LogP contribution < -0.4 is 10.6 Å². The van der Waals surface area contributed by atoms with Gasteiger partial charge in [-0.1, -0.05) is 18.2 Å². The van der Waals surface area contributed by atoms with Gasteiger partial charge in [-0.25, -0.2) is 9.37 Å². The lowest BCUT2D eigenvalue weighted by Gasteiger charge is -2.08. The van der Waals surface area contributed by atoms with E-state index in [9.17, 15) is 9.18 Å². The van der Waals surface area contributed by atoms with Crippen LogP contribution in [0.25, 0.3) is 0 Å². The second-order valence-corrected chi connectivity index (χ2v) is 5.60. The molecule has 0 saturated carbocycles. The van der Waals surface area contributed by atoms with E-state index in [2.05, 4.69) is 21.7 Å². The monoisotopic (exact) mass is 346 g/mol.